The molecule has 10 heavy (non-hydrogen) atoms. The van der Waals surface area contributed by atoms with Gasteiger partial charge in [-0.05, 0) is 0 Å². The molecule has 1 aromatic carbocycles. The Morgan fingerprint density at radius 2 is 2.20 bits per heavy atom. The fourth-order valence-corrected chi connectivity index (χ4v) is 1.58. The first-order valence-corrected chi connectivity index (χ1v) is 4.94. The molecule has 1 rings (SSSR count). The molecule has 0 amide bonds. The predicted molar refractivity (Wildman–Crippen MR) is 45.1 cm³/mol. The van der Waals surface area contributed by atoms with E-state index in [9.17, 15) is 5.11 Å². The van der Waals surface area contributed by atoms with Gasteiger partial charge in [-0.2, -0.15) is 0 Å². The minimum atomic E-state index is 0.465. The standard InChI is InChI=1S/C8H11AsO/c1-6-3-2-4-7(5-9)8(6)10/h2-4,10H,5,9H2,1H3. The molecule has 0 aromatic heterocycles. The van der Waals surface area contributed by atoms with Gasteiger partial charge >= 0.3 is 69.2 Å². The van der Waals surface area contributed by atoms with Crippen LogP contribution in [0, 0.1) is 6.92 Å². The molecular weight excluding hydrogens is 187 g/mol. The molecule has 1 atom stereocenters. The van der Waals surface area contributed by atoms with Crippen LogP contribution in [0.25, 0.3) is 0 Å². The number of phenolic OH excluding ortho intramolecular Hbond substituents is 1. The van der Waals surface area contributed by atoms with Gasteiger partial charge < -0.3 is 0 Å². The molecule has 0 radical (unpaired) electrons. The minimum absolute atomic E-state index is 0.465. The molecule has 1 N–H and O–H groups in total. The maximum atomic E-state index is 9.41. The van der Waals surface area contributed by atoms with Crippen LogP contribution in [0.5, 0.6) is 5.75 Å². The molecule has 0 spiro atoms. The van der Waals surface area contributed by atoms with Gasteiger partial charge in [-0.3, -0.25) is 0 Å². The van der Waals surface area contributed by atoms with Gasteiger partial charge in [0.25, 0.3) is 0 Å². The Kier molecular flexibility index (Phi) is 2.39. The molecule has 0 aliphatic heterocycles. The van der Waals surface area contributed by atoms with Gasteiger partial charge in [0, 0.05) is 0 Å². The maximum absolute atomic E-state index is 9.41. The summed E-state index contributed by atoms with van der Waals surface area (Å²) in [6, 6.07) is 5.86. The predicted octanol–water partition coefficient (Wildman–Crippen LogP) is 0.834. The molecular formula is C8H11AsO. The van der Waals surface area contributed by atoms with Crippen molar-refractivity contribution >= 4 is 16.9 Å². The van der Waals surface area contributed by atoms with E-state index in [0.29, 0.717) is 5.75 Å². The van der Waals surface area contributed by atoms with Crippen LogP contribution in [-0.4, -0.2) is 22.0 Å². The van der Waals surface area contributed by atoms with E-state index in [1.165, 1.54) is 0 Å². The fraction of sp³-hybridized carbons (Fsp3) is 0.250. The van der Waals surface area contributed by atoms with Crippen LogP contribution in [0.4, 0.5) is 0 Å². The molecule has 0 heterocycles. The summed E-state index contributed by atoms with van der Waals surface area (Å²) in [5.41, 5.74) is 2.02. The van der Waals surface area contributed by atoms with Crippen LogP contribution in [-0.2, 0) is 5.21 Å². The summed E-state index contributed by atoms with van der Waals surface area (Å²) in [6.45, 7) is 1.92. The van der Waals surface area contributed by atoms with E-state index in [1.54, 1.807) is 16.9 Å². The molecule has 0 saturated carbocycles. The van der Waals surface area contributed by atoms with Crippen molar-refractivity contribution in [2.45, 2.75) is 12.1 Å². The number of hydrogen-bond acceptors (Lipinski definition) is 1. The first-order chi connectivity index (χ1) is 4.75. The summed E-state index contributed by atoms with van der Waals surface area (Å²) in [5, 5.41) is 10.4. The number of benzene rings is 1. The number of para-hydroxylation sites is 1. The molecule has 2 heteroatoms. The summed E-state index contributed by atoms with van der Waals surface area (Å²) in [5.74, 6) is 0.465. The van der Waals surface area contributed by atoms with Crippen molar-refractivity contribution in [1.29, 1.82) is 0 Å². The van der Waals surface area contributed by atoms with E-state index in [4.69, 9.17) is 0 Å². The van der Waals surface area contributed by atoms with Gasteiger partial charge in [-0.1, -0.05) is 0 Å². The zero-order valence-corrected chi connectivity index (χ0v) is 8.39. The summed E-state index contributed by atoms with van der Waals surface area (Å²) < 4.78 is 0. The summed E-state index contributed by atoms with van der Waals surface area (Å²) >= 11 is 1.62. The van der Waals surface area contributed by atoms with Gasteiger partial charge in [0.15, 0.2) is 0 Å². The Hall–Kier alpha value is -0.422. The second-order valence-corrected chi connectivity index (χ2v) is 3.14. The number of aromatic hydroxyl groups is 1. The van der Waals surface area contributed by atoms with Crippen molar-refractivity contribution in [1.82, 2.24) is 0 Å². The average molecular weight is 198 g/mol. The molecule has 0 bridgehead atoms. The molecule has 0 aliphatic rings. The number of aryl methyl sites for hydroxylation is 1. The van der Waals surface area contributed by atoms with Crippen molar-refractivity contribution in [3.05, 3.63) is 29.3 Å². The van der Waals surface area contributed by atoms with Crippen molar-refractivity contribution in [2.75, 3.05) is 0 Å². The average Bonchev–Trinajstić information content (AvgIpc) is 1.95. The van der Waals surface area contributed by atoms with Gasteiger partial charge in [0.2, 0.25) is 0 Å². The summed E-state index contributed by atoms with van der Waals surface area (Å²) in [4.78, 5) is 0. The Balaban J connectivity index is 3.14. The van der Waals surface area contributed by atoms with Gasteiger partial charge in [-0.25, -0.2) is 0 Å². The monoisotopic (exact) mass is 198 g/mol. The molecule has 0 aliphatic carbocycles. The third kappa shape index (κ3) is 1.35. The first-order valence-electron chi connectivity index (χ1n) is 3.23. The Labute approximate surface area is 69.6 Å². The van der Waals surface area contributed by atoms with Crippen LogP contribution in [0.2, 0.25) is 0 Å². The normalized spacial score (nSPS) is 9.80. The van der Waals surface area contributed by atoms with Crippen LogP contribution in [0.15, 0.2) is 18.2 Å². The topological polar surface area (TPSA) is 20.2 Å². The van der Waals surface area contributed by atoms with E-state index in [-0.39, 0.29) is 0 Å². The quantitative estimate of drug-likeness (QED) is 0.663. The Morgan fingerprint density at radius 1 is 1.50 bits per heavy atom. The third-order valence-corrected chi connectivity index (χ3v) is 2.46. The van der Waals surface area contributed by atoms with Crippen LogP contribution in [0.3, 0.4) is 0 Å². The SMILES string of the molecule is Cc1cccc(C[AsH2])c1O. The number of phenols is 1. The van der Waals surface area contributed by atoms with Crippen LogP contribution in [0.1, 0.15) is 11.1 Å². The molecule has 1 aromatic rings. The van der Waals surface area contributed by atoms with E-state index in [2.05, 4.69) is 0 Å². The van der Waals surface area contributed by atoms with E-state index < -0.39 is 0 Å². The Morgan fingerprint density at radius 3 is 2.70 bits per heavy atom. The third-order valence-electron chi connectivity index (χ3n) is 1.54. The number of rotatable bonds is 1. The Bertz CT molecular complexity index is 233. The molecule has 1 unspecified atom stereocenters. The van der Waals surface area contributed by atoms with Crippen molar-refractivity contribution in [2.24, 2.45) is 0 Å². The second-order valence-electron chi connectivity index (χ2n) is 2.29. The first kappa shape index (κ1) is 7.68. The second kappa shape index (κ2) is 3.11. The van der Waals surface area contributed by atoms with E-state index in [0.717, 1.165) is 16.3 Å². The summed E-state index contributed by atoms with van der Waals surface area (Å²) in [7, 11) is 0. The zero-order chi connectivity index (χ0) is 7.56. The van der Waals surface area contributed by atoms with Gasteiger partial charge in [0.05, 0.1) is 0 Å². The van der Waals surface area contributed by atoms with Crippen LogP contribution >= 0.6 is 0 Å². The fourth-order valence-electron chi connectivity index (χ4n) is 0.884. The molecule has 0 fully saturated rings. The van der Waals surface area contributed by atoms with Crippen molar-refractivity contribution in [3.8, 4) is 5.75 Å². The molecule has 1 nitrogen and oxygen atoms in total. The zero-order valence-electron chi connectivity index (χ0n) is 5.96. The van der Waals surface area contributed by atoms with E-state index in [1.807, 2.05) is 25.1 Å². The number of hydrogen-bond donors (Lipinski definition) is 1. The van der Waals surface area contributed by atoms with Crippen LogP contribution < -0.4 is 0 Å². The van der Waals surface area contributed by atoms with Crippen molar-refractivity contribution in [3.63, 3.8) is 0 Å². The van der Waals surface area contributed by atoms with Gasteiger partial charge in [0.1, 0.15) is 0 Å². The molecule has 0 saturated heterocycles. The van der Waals surface area contributed by atoms with E-state index >= 15 is 0 Å². The molecule has 54 valence electrons. The van der Waals surface area contributed by atoms with Gasteiger partial charge in [-0.15, -0.1) is 0 Å². The van der Waals surface area contributed by atoms with Crippen molar-refractivity contribution < 1.29 is 5.11 Å². The summed E-state index contributed by atoms with van der Waals surface area (Å²) in [6.07, 6.45) is 0.